The second kappa shape index (κ2) is 9.51. The maximum Gasteiger partial charge on any atom is 0.270 e. The van der Waals surface area contributed by atoms with E-state index < -0.39 is 6.04 Å². The fourth-order valence-corrected chi connectivity index (χ4v) is 4.37. The Morgan fingerprint density at radius 3 is 2.42 bits per heavy atom. The average molecular weight is 452 g/mol. The van der Waals surface area contributed by atoms with Crippen molar-refractivity contribution in [2.45, 2.75) is 52.5 Å². The standard InChI is InChI=1S/C23H29N7O3/c1-13-5-7-16(8-6-13)20(28-22(31)18-9-10-26-30(18)4)23(32)27-17-11-24-21(25-12-17)19-14(2)29-33-15(19)3/h9-13,16,20H,5-8H2,1-4H3,(H,27,32)(H,28,31)/t13?,16?,20-/m0/s1. The van der Waals surface area contributed by atoms with Gasteiger partial charge in [0.05, 0.1) is 29.3 Å². The number of carbonyl (C=O) groups is 2. The Balaban J connectivity index is 1.51. The van der Waals surface area contributed by atoms with E-state index >= 15 is 0 Å². The molecule has 10 nitrogen and oxygen atoms in total. The summed E-state index contributed by atoms with van der Waals surface area (Å²) in [5.41, 5.74) is 2.31. The molecule has 1 fully saturated rings. The summed E-state index contributed by atoms with van der Waals surface area (Å²) < 4.78 is 6.68. The van der Waals surface area contributed by atoms with Crippen LogP contribution in [0.4, 0.5) is 5.69 Å². The van der Waals surface area contributed by atoms with Crippen LogP contribution >= 0.6 is 0 Å². The smallest absolute Gasteiger partial charge is 0.270 e. The number of rotatable bonds is 6. The summed E-state index contributed by atoms with van der Waals surface area (Å²) in [6.07, 6.45) is 8.49. The zero-order chi connectivity index (χ0) is 23.5. The van der Waals surface area contributed by atoms with Crippen LogP contribution in [-0.2, 0) is 11.8 Å². The van der Waals surface area contributed by atoms with E-state index in [0.29, 0.717) is 34.6 Å². The molecule has 0 unspecified atom stereocenters. The SMILES string of the molecule is Cc1noc(C)c1-c1ncc(NC(=O)[C@@H](NC(=O)c2ccnn2C)C2CCC(C)CC2)cn1. The lowest BCUT2D eigenvalue weighted by Gasteiger charge is -2.32. The molecule has 10 heteroatoms. The van der Waals surface area contributed by atoms with Crippen LogP contribution in [0, 0.1) is 25.7 Å². The van der Waals surface area contributed by atoms with Gasteiger partial charge in [-0.15, -0.1) is 0 Å². The van der Waals surface area contributed by atoms with Gasteiger partial charge in [-0.2, -0.15) is 5.10 Å². The number of hydrogen-bond acceptors (Lipinski definition) is 7. The van der Waals surface area contributed by atoms with E-state index in [1.807, 2.05) is 6.92 Å². The first-order valence-electron chi connectivity index (χ1n) is 11.2. The summed E-state index contributed by atoms with van der Waals surface area (Å²) in [4.78, 5) is 34.9. The lowest BCUT2D eigenvalue weighted by molar-refractivity contribution is -0.119. The fourth-order valence-electron chi connectivity index (χ4n) is 4.37. The van der Waals surface area contributed by atoms with Gasteiger partial charge in [-0.3, -0.25) is 14.3 Å². The molecular formula is C23H29N7O3. The van der Waals surface area contributed by atoms with E-state index in [2.05, 4.69) is 37.8 Å². The molecule has 174 valence electrons. The highest BCUT2D eigenvalue weighted by Gasteiger charge is 2.33. The van der Waals surface area contributed by atoms with Crippen LogP contribution in [0.5, 0.6) is 0 Å². The molecule has 1 aliphatic carbocycles. The normalized spacial score (nSPS) is 19.2. The van der Waals surface area contributed by atoms with E-state index in [0.717, 1.165) is 31.2 Å². The van der Waals surface area contributed by atoms with Crippen LogP contribution in [0.15, 0.2) is 29.2 Å². The van der Waals surface area contributed by atoms with E-state index in [1.165, 1.54) is 4.68 Å². The summed E-state index contributed by atoms with van der Waals surface area (Å²) in [7, 11) is 1.70. The monoisotopic (exact) mass is 451 g/mol. The van der Waals surface area contributed by atoms with Gasteiger partial charge >= 0.3 is 0 Å². The molecule has 0 bridgehead atoms. The summed E-state index contributed by atoms with van der Waals surface area (Å²) in [5.74, 6) is 1.20. The molecule has 33 heavy (non-hydrogen) atoms. The van der Waals surface area contributed by atoms with Gasteiger partial charge in [0, 0.05) is 13.2 Å². The molecule has 0 aliphatic heterocycles. The van der Waals surface area contributed by atoms with Crippen LogP contribution in [-0.4, -0.2) is 42.8 Å². The van der Waals surface area contributed by atoms with Gasteiger partial charge in [0.25, 0.3) is 5.91 Å². The molecule has 4 rings (SSSR count). The van der Waals surface area contributed by atoms with Crippen LogP contribution < -0.4 is 10.6 Å². The van der Waals surface area contributed by atoms with Crippen molar-refractivity contribution >= 4 is 17.5 Å². The minimum atomic E-state index is -0.665. The summed E-state index contributed by atoms with van der Waals surface area (Å²) >= 11 is 0. The third kappa shape index (κ3) is 4.94. The number of nitrogens with one attached hydrogen (secondary N) is 2. The van der Waals surface area contributed by atoms with Crippen molar-refractivity contribution in [1.29, 1.82) is 0 Å². The molecule has 3 aromatic rings. The fraction of sp³-hybridized carbons (Fsp3) is 0.478. The van der Waals surface area contributed by atoms with E-state index in [1.54, 1.807) is 38.6 Å². The molecule has 3 aromatic heterocycles. The van der Waals surface area contributed by atoms with Gasteiger partial charge in [-0.05, 0) is 44.6 Å². The van der Waals surface area contributed by atoms with Gasteiger partial charge in [-0.25, -0.2) is 9.97 Å². The Morgan fingerprint density at radius 2 is 1.85 bits per heavy atom. The molecule has 1 aliphatic rings. The Morgan fingerprint density at radius 1 is 1.15 bits per heavy atom. The van der Waals surface area contributed by atoms with Crippen molar-refractivity contribution in [3.63, 3.8) is 0 Å². The Labute approximate surface area is 192 Å². The molecule has 2 N–H and O–H groups in total. The van der Waals surface area contributed by atoms with Crippen LogP contribution in [0.3, 0.4) is 0 Å². The third-order valence-electron chi connectivity index (χ3n) is 6.33. The number of anilines is 1. The van der Waals surface area contributed by atoms with Crippen molar-refractivity contribution in [2.75, 3.05) is 5.32 Å². The minimum Gasteiger partial charge on any atom is -0.361 e. The highest BCUT2D eigenvalue weighted by Crippen LogP contribution is 2.31. The minimum absolute atomic E-state index is 0.0564. The maximum atomic E-state index is 13.3. The van der Waals surface area contributed by atoms with Crippen molar-refractivity contribution in [3.05, 3.63) is 41.8 Å². The molecule has 1 saturated carbocycles. The molecular weight excluding hydrogens is 422 g/mol. The predicted molar refractivity (Wildman–Crippen MR) is 121 cm³/mol. The number of aryl methyl sites for hydroxylation is 3. The number of amides is 2. The molecule has 0 radical (unpaired) electrons. The lowest BCUT2D eigenvalue weighted by atomic mass is 9.79. The summed E-state index contributed by atoms with van der Waals surface area (Å²) in [6, 6.07) is 0.969. The second-order valence-electron chi connectivity index (χ2n) is 8.79. The van der Waals surface area contributed by atoms with Crippen molar-refractivity contribution in [3.8, 4) is 11.4 Å². The third-order valence-corrected chi connectivity index (χ3v) is 6.33. The number of nitrogens with zero attached hydrogens (tertiary/aromatic N) is 5. The maximum absolute atomic E-state index is 13.3. The summed E-state index contributed by atoms with van der Waals surface area (Å²) in [6.45, 7) is 5.85. The van der Waals surface area contributed by atoms with Gasteiger partial charge < -0.3 is 15.2 Å². The van der Waals surface area contributed by atoms with Crippen LogP contribution in [0.25, 0.3) is 11.4 Å². The van der Waals surface area contributed by atoms with Crippen molar-refractivity contribution in [2.24, 2.45) is 18.9 Å². The molecule has 1 atom stereocenters. The number of aromatic nitrogens is 5. The van der Waals surface area contributed by atoms with E-state index in [9.17, 15) is 9.59 Å². The number of hydrogen-bond donors (Lipinski definition) is 2. The Hall–Kier alpha value is -3.56. The molecule has 3 heterocycles. The zero-order valence-corrected chi connectivity index (χ0v) is 19.3. The lowest BCUT2D eigenvalue weighted by Crippen LogP contribution is -2.49. The first kappa shape index (κ1) is 22.6. The van der Waals surface area contributed by atoms with Gasteiger partial charge in [-0.1, -0.05) is 24.9 Å². The van der Waals surface area contributed by atoms with Crippen LogP contribution in [0.1, 0.15) is 54.5 Å². The van der Waals surface area contributed by atoms with Crippen molar-refractivity contribution < 1.29 is 14.1 Å². The molecule has 2 amide bonds. The average Bonchev–Trinajstić information content (AvgIpc) is 3.38. The van der Waals surface area contributed by atoms with Crippen molar-refractivity contribution in [1.82, 2.24) is 30.2 Å². The number of carbonyl (C=O) groups excluding carboxylic acids is 2. The highest BCUT2D eigenvalue weighted by atomic mass is 16.5. The first-order valence-corrected chi connectivity index (χ1v) is 11.2. The molecule has 0 aromatic carbocycles. The van der Waals surface area contributed by atoms with Gasteiger partial charge in [0.2, 0.25) is 5.91 Å². The quantitative estimate of drug-likeness (QED) is 0.589. The topological polar surface area (TPSA) is 128 Å². The van der Waals surface area contributed by atoms with E-state index in [4.69, 9.17) is 4.52 Å². The highest BCUT2D eigenvalue weighted by molar-refractivity contribution is 6.00. The second-order valence-corrected chi connectivity index (χ2v) is 8.79. The van der Waals surface area contributed by atoms with Crippen LogP contribution in [0.2, 0.25) is 0 Å². The largest absolute Gasteiger partial charge is 0.361 e. The predicted octanol–water partition coefficient (Wildman–Crippen LogP) is 3.05. The summed E-state index contributed by atoms with van der Waals surface area (Å²) in [5, 5.41) is 13.8. The van der Waals surface area contributed by atoms with Gasteiger partial charge in [0.1, 0.15) is 17.5 Å². The Bertz CT molecular complexity index is 1110. The van der Waals surface area contributed by atoms with E-state index in [-0.39, 0.29) is 17.7 Å². The zero-order valence-electron chi connectivity index (χ0n) is 19.3. The van der Waals surface area contributed by atoms with Gasteiger partial charge in [0.15, 0.2) is 5.82 Å². The Kier molecular flexibility index (Phi) is 6.52. The molecule has 0 spiro atoms. The first-order chi connectivity index (χ1) is 15.8. The molecule has 0 saturated heterocycles.